The van der Waals surface area contributed by atoms with Gasteiger partial charge in [0.05, 0.1) is 10.5 Å². The Morgan fingerprint density at radius 2 is 2.11 bits per heavy atom. The molecule has 2 N–H and O–H groups in total. The minimum atomic E-state index is -3.84. The lowest BCUT2D eigenvalue weighted by Gasteiger charge is -2.10. The van der Waals surface area contributed by atoms with Crippen LogP contribution in [0, 0.1) is 6.92 Å². The fraction of sp³-hybridized carbons (Fsp3) is 0.182. The first-order chi connectivity index (χ1) is 8.65. The highest BCUT2D eigenvalue weighted by atomic mass is 79.9. The SMILES string of the molecule is C=C(Cl)CNS(=O)(=O)c1cc(Br)c(C)c(C(=O)O)c1. The number of nitrogens with one attached hydrogen (secondary N) is 1. The third kappa shape index (κ3) is 4.04. The van der Waals surface area contributed by atoms with Gasteiger partial charge in [0.25, 0.3) is 0 Å². The summed E-state index contributed by atoms with van der Waals surface area (Å²) >= 11 is 8.62. The monoisotopic (exact) mass is 367 g/mol. The first kappa shape index (κ1) is 16.2. The number of rotatable bonds is 5. The molecule has 0 aliphatic heterocycles. The number of carboxylic acid groups (broad SMARTS) is 1. The van der Waals surface area contributed by atoms with Crippen molar-refractivity contribution < 1.29 is 18.3 Å². The summed E-state index contributed by atoms with van der Waals surface area (Å²) < 4.78 is 26.5. The maximum Gasteiger partial charge on any atom is 0.336 e. The van der Waals surface area contributed by atoms with E-state index in [1.54, 1.807) is 6.92 Å². The molecule has 0 aliphatic rings. The van der Waals surface area contributed by atoms with E-state index >= 15 is 0 Å². The number of hydrogen-bond acceptors (Lipinski definition) is 3. The standard InChI is InChI=1S/C11H11BrClNO4S/c1-6(13)5-14-19(17,18)8-3-9(11(15)16)7(2)10(12)4-8/h3-4,14H,1,5H2,2H3,(H,15,16). The van der Waals surface area contributed by atoms with E-state index in [0.717, 1.165) is 6.07 Å². The van der Waals surface area contributed by atoms with Crippen molar-refractivity contribution in [3.8, 4) is 0 Å². The molecule has 104 valence electrons. The highest BCUT2D eigenvalue weighted by Gasteiger charge is 2.19. The van der Waals surface area contributed by atoms with Gasteiger partial charge in [-0.1, -0.05) is 34.1 Å². The highest BCUT2D eigenvalue weighted by molar-refractivity contribution is 9.10. The molecule has 1 aromatic rings. The zero-order valence-electron chi connectivity index (χ0n) is 9.91. The smallest absolute Gasteiger partial charge is 0.336 e. The lowest BCUT2D eigenvalue weighted by molar-refractivity contribution is 0.0695. The third-order valence-electron chi connectivity index (χ3n) is 2.31. The largest absolute Gasteiger partial charge is 0.478 e. The van der Waals surface area contributed by atoms with E-state index in [2.05, 4.69) is 27.2 Å². The van der Waals surface area contributed by atoms with Gasteiger partial charge in [-0.25, -0.2) is 17.9 Å². The van der Waals surface area contributed by atoms with Gasteiger partial charge < -0.3 is 5.11 Å². The minimum Gasteiger partial charge on any atom is -0.478 e. The Balaban J connectivity index is 3.28. The van der Waals surface area contributed by atoms with Gasteiger partial charge in [0, 0.05) is 16.0 Å². The van der Waals surface area contributed by atoms with E-state index in [9.17, 15) is 13.2 Å². The van der Waals surface area contributed by atoms with Crippen LogP contribution in [-0.2, 0) is 10.0 Å². The molecule has 0 amide bonds. The molecule has 1 aromatic carbocycles. The lowest BCUT2D eigenvalue weighted by Crippen LogP contribution is -2.25. The van der Waals surface area contributed by atoms with E-state index in [0.29, 0.717) is 10.0 Å². The number of sulfonamides is 1. The summed E-state index contributed by atoms with van der Waals surface area (Å²) in [4.78, 5) is 10.9. The zero-order chi connectivity index (χ0) is 14.8. The molecule has 5 nitrogen and oxygen atoms in total. The van der Waals surface area contributed by atoms with Crippen molar-refractivity contribution in [2.24, 2.45) is 0 Å². The van der Waals surface area contributed by atoms with E-state index in [-0.39, 0.29) is 22.0 Å². The topological polar surface area (TPSA) is 83.5 Å². The van der Waals surface area contributed by atoms with Gasteiger partial charge in [-0.15, -0.1) is 0 Å². The third-order valence-corrected chi connectivity index (χ3v) is 4.65. The molecule has 19 heavy (non-hydrogen) atoms. The molecule has 8 heteroatoms. The van der Waals surface area contributed by atoms with Crippen LogP contribution in [0.5, 0.6) is 0 Å². The molecular weight excluding hydrogens is 358 g/mol. The summed E-state index contributed by atoms with van der Waals surface area (Å²) in [6.45, 7) is 4.82. The maximum absolute atomic E-state index is 12.0. The Bertz CT molecular complexity index is 642. The van der Waals surface area contributed by atoms with E-state index in [1.807, 2.05) is 0 Å². The van der Waals surface area contributed by atoms with Crippen molar-refractivity contribution in [1.29, 1.82) is 0 Å². The molecule has 0 radical (unpaired) electrons. The van der Waals surface area contributed by atoms with Gasteiger partial charge in [-0.3, -0.25) is 0 Å². The summed E-state index contributed by atoms with van der Waals surface area (Å²) in [5.74, 6) is -1.20. The minimum absolute atomic E-state index is 0.0838. The van der Waals surface area contributed by atoms with Crippen LogP contribution < -0.4 is 4.72 Å². The molecule has 0 heterocycles. The van der Waals surface area contributed by atoms with Crippen LogP contribution in [0.4, 0.5) is 0 Å². The van der Waals surface area contributed by atoms with Crippen molar-refractivity contribution >= 4 is 43.5 Å². The molecule has 0 atom stereocenters. The summed E-state index contributed by atoms with van der Waals surface area (Å²) in [5, 5.41) is 9.16. The van der Waals surface area contributed by atoms with Crippen LogP contribution >= 0.6 is 27.5 Å². The molecule has 0 aromatic heterocycles. The summed E-state index contributed by atoms with van der Waals surface area (Å²) in [5.41, 5.74) is 0.368. The number of hydrogen-bond donors (Lipinski definition) is 2. The molecule has 0 aliphatic carbocycles. The Labute approximate surface area is 124 Å². The van der Waals surface area contributed by atoms with Crippen molar-refractivity contribution in [3.05, 3.63) is 39.3 Å². The van der Waals surface area contributed by atoms with E-state index in [4.69, 9.17) is 16.7 Å². The van der Waals surface area contributed by atoms with Gasteiger partial charge in [0.1, 0.15) is 0 Å². The van der Waals surface area contributed by atoms with Crippen molar-refractivity contribution in [2.75, 3.05) is 6.54 Å². The van der Waals surface area contributed by atoms with Crippen LogP contribution in [0.15, 0.2) is 33.1 Å². The Kier molecular flexibility index (Phi) is 5.14. The number of carbonyl (C=O) groups is 1. The molecule has 0 spiro atoms. The van der Waals surface area contributed by atoms with E-state index < -0.39 is 16.0 Å². The number of aromatic carboxylic acids is 1. The van der Waals surface area contributed by atoms with Crippen molar-refractivity contribution in [3.63, 3.8) is 0 Å². The van der Waals surface area contributed by atoms with E-state index in [1.165, 1.54) is 6.07 Å². The normalized spacial score (nSPS) is 11.3. The van der Waals surface area contributed by atoms with Crippen LogP contribution in [0.3, 0.4) is 0 Å². The Morgan fingerprint density at radius 3 is 2.58 bits per heavy atom. The quantitative estimate of drug-likeness (QED) is 0.836. The Hall–Kier alpha value is -0.890. The fourth-order valence-corrected chi connectivity index (χ4v) is 3.12. The van der Waals surface area contributed by atoms with Gasteiger partial charge in [-0.05, 0) is 24.6 Å². The van der Waals surface area contributed by atoms with Crippen LogP contribution in [-0.4, -0.2) is 26.0 Å². The predicted molar refractivity (Wildman–Crippen MR) is 76.0 cm³/mol. The molecule has 0 saturated heterocycles. The molecule has 0 unspecified atom stereocenters. The number of benzene rings is 1. The molecule has 0 saturated carbocycles. The first-order valence-corrected chi connectivity index (χ1v) is 7.67. The summed E-state index contributed by atoms with van der Waals surface area (Å²) in [6, 6.07) is 2.43. The van der Waals surface area contributed by atoms with Gasteiger partial charge in [0.15, 0.2) is 0 Å². The zero-order valence-corrected chi connectivity index (χ0v) is 13.1. The van der Waals surface area contributed by atoms with Crippen molar-refractivity contribution in [2.45, 2.75) is 11.8 Å². The second kappa shape index (κ2) is 6.04. The number of halogens is 2. The predicted octanol–water partition coefficient (Wildman–Crippen LogP) is 2.49. The average molecular weight is 369 g/mol. The molecular formula is C11H11BrClNO4S. The number of carboxylic acids is 1. The van der Waals surface area contributed by atoms with Crippen LogP contribution in [0.2, 0.25) is 0 Å². The molecule has 1 rings (SSSR count). The van der Waals surface area contributed by atoms with Crippen molar-refractivity contribution in [1.82, 2.24) is 4.72 Å². The highest BCUT2D eigenvalue weighted by Crippen LogP contribution is 2.25. The fourth-order valence-electron chi connectivity index (χ4n) is 1.29. The lowest BCUT2D eigenvalue weighted by atomic mass is 10.1. The second-order valence-electron chi connectivity index (χ2n) is 3.72. The van der Waals surface area contributed by atoms with Crippen LogP contribution in [0.25, 0.3) is 0 Å². The Morgan fingerprint density at radius 1 is 1.53 bits per heavy atom. The summed E-state index contributed by atoms with van der Waals surface area (Å²) in [7, 11) is -3.84. The maximum atomic E-state index is 12.0. The average Bonchev–Trinajstić information content (AvgIpc) is 2.29. The van der Waals surface area contributed by atoms with Gasteiger partial charge in [0.2, 0.25) is 10.0 Å². The molecule has 0 bridgehead atoms. The van der Waals surface area contributed by atoms with Gasteiger partial charge in [-0.2, -0.15) is 0 Å². The summed E-state index contributed by atoms with van der Waals surface area (Å²) in [6.07, 6.45) is 0. The second-order valence-corrected chi connectivity index (χ2v) is 6.88. The first-order valence-electron chi connectivity index (χ1n) is 5.01. The van der Waals surface area contributed by atoms with Gasteiger partial charge >= 0.3 is 5.97 Å². The van der Waals surface area contributed by atoms with Crippen LogP contribution in [0.1, 0.15) is 15.9 Å². The molecule has 0 fully saturated rings.